The molecule has 2 aromatic rings. The van der Waals surface area contributed by atoms with E-state index in [1.165, 1.54) is 0 Å². The molecule has 0 bridgehead atoms. The topological polar surface area (TPSA) is 86.2 Å². The van der Waals surface area contributed by atoms with E-state index in [-0.39, 0.29) is 22.5 Å². The Balaban J connectivity index is 2.23. The highest BCUT2D eigenvalue weighted by atomic mass is 32.2. The van der Waals surface area contributed by atoms with Gasteiger partial charge >= 0.3 is 12.4 Å². The van der Waals surface area contributed by atoms with Crippen molar-refractivity contribution in [1.82, 2.24) is 0 Å². The number of nitrogen functional groups attached to an aromatic ring is 2. The molecule has 0 aromatic heterocycles. The highest BCUT2D eigenvalue weighted by Crippen LogP contribution is 2.33. The van der Waals surface area contributed by atoms with Gasteiger partial charge in [-0.25, -0.2) is 8.42 Å². The Kier molecular flexibility index (Phi) is 5.37. The summed E-state index contributed by atoms with van der Waals surface area (Å²) >= 11 is 0. The largest absolute Gasteiger partial charge is 0.416 e. The molecule has 0 aliphatic heterocycles. The number of hydrogen-bond donors (Lipinski definition) is 2. The Bertz CT molecular complexity index is 881. The van der Waals surface area contributed by atoms with Crippen LogP contribution in [0.25, 0.3) is 0 Å². The molecule has 0 atom stereocenters. The molecule has 27 heavy (non-hydrogen) atoms. The van der Waals surface area contributed by atoms with Crippen molar-refractivity contribution < 1.29 is 34.8 Å². The standard InChI is InChI=1S/C16H14F6N2O2S/c17-15(18,19)11-3-1-9(13(23)5-11)7-27(25,26)8-10-2-4-12(6-14(10)24)16(20,21)22/h1-6H,7-8,23-24H2. The summed E-state index contributed by atoms with van der Waals surface area (Å²) in [5, 5.41) is 0. The van der Waals surface area contributed by atoms with E-state index in [0.717, 1.165) is 12.1 Å². The van der Waals surface area contributed by atoms with E-state index in [4.69, 9.17) is 11.5 Å². The maximum atomic E-state index is 12.6. The van der Waals surface area contributed by atoms with E-state index in [0.29, 0.717) is 24.3 Å². The molecule has 0 unspecified atom stereocenters. The van der Waals surface area contributed by atoms with Crippen molar-refractivity contribution in [3.63, 3.8) is 0 Å². The van der Waals surface area contributed by atoms with Crippen LogP contribution in [-0.4, -0.2) is 8.42 Å². The lowest BCUT2D eigenvalue weighted by atomic mass is 10.1. The second-order valence-electron chi connectivity index (χ2n) is 5.85. The molecule has 0 spiro atoms. The van der Waals surface area contributed by atoms with E-state index in [2.05, 4.69) is 0 Å². The van der Waals surface area contributed by atoms with E-state index in [1.807, 2.05) is 0 Å². The predicted octanol–water partition coefficient (Wildman–Crippen LogP) is 4.00. The van der Waals surface area contributed by atoms with Gasteiger partial charge in [-0.2, -0.15) is 26.3 Å². The quantitative estimate of drug-likeness (QED) is 0.587. The first-order valence-electron chi connectivity index (χ1n) is 7.31. The lowest BCUT2D eigenvalue weighted by Gasteiger charge is -2.13. The average molecular weight is 412 g/mol. The SMILES string of the molecule is Nc1cc(C(F)(F)F)ccc1CS(=O)(=O)Cc1ccc(C(F)(F)F)cc1N. The summed E-state index contributed by atoms with van der Waals surface area (Å²) in [5.74, 6) is -1.37. The lowest BCUT2D eigenvalue weighted by Crippen LogP contribution is -2.13. The number of alkyl halides is 6. The zero-order chi connectivity index (χ0) is 20.6. The summed E-state index contributed by atoms with van der Waals surface area (Å²) in [7, 11) is -3.95. The van der Waals surface area contributed by atoms with Crippen molar-refractivity contribution in [3.8, 4) is 0 Å². The van der Waals surface area contributed by atoms with Crippen LogP contribution in [0.5, 0.6) is 0 Å². The third-order valence-electron chi connectivity index (χ3n) is 3.70. The van der Waals surface area contributed by atoms with Crippen LogP contribution in [0.3, 0.4) is 0 Å². The molecular weight excluding hydrogens is 398 g/mol. The molecule has 2 rings (SSSR count). The van der Waals surface area contributed by atoms with Crippen LogP contribution in [0.2, 0.25) is 0 Å². The molecule has 4 N–H and O–H groups in total. The highest BCUT2D eigenvalue weighted by Gasteiger charge is 2.32. The summed E-state index contributed by atoms with van der Waals surface area (Å²) in [4.78, 5) is 0. The van der Waals surface area contributed by atoms with Gasteiger partial charge in [-0.3, -0.25) is 0 Å². The van der Waals surface area contributed by atoms with E-state index in [9.17, 15) is 34.8 Å². The van der Waals surface area contributed by atoms with Crippen LogP contribution in [0.15, 0.2) is 36.4 Å². The van der Waals surface area contributed by atoms with Crippen molar-refractivity contribution in [1.29, 1.82) is 0 Å². The summed E-state index contributed by atoms with van der Waals surface area (Å²) in [6.07, 6.45) is -9.25. The Morgan fingerprint density at radius 2 is 1.04 bits per heavy atom. The summed E-state index contributed by atoms with van der Waals surface area (Å²) in [6, 6.07) is 4.55. The van der Waals surface area contributed by atoms with E-state index in [1.54, 1.807) is 0 Å². The van der Waals surface area contributed by atoms with Crippen LogP contribution < -0.4 is 11.5 Å². The molecule has 0 radical (unpaired) electrons. The molecule has 0 saturated carbocycles. The minimum absolute atomic E-state index is 0.0477. The van der Waals surface area contributed by atoms with Crippen LogP contribution in [0.1, 0.15) is 22.3 Å². The number of anilines is 2. The second-order valence-corrected chi connectivity index (χ2v) is 7.92. The number of nitrogens with two attached hydrogens (primary N) is 2. The first-order chi connectivity index (χ1) is 12.2. The van der Waals surface area contributed by atoms with E-state index >= 15 is 0 Å². The zero-order valence-corrected chi connectivity index (χ0v) is 14.3. The summed E-state index contributed by atoms with van der Waals surface area (Å²) in [5.41, 5.74) is 8.16. The van der Waals surface area contributed by atoms with Crippen LogP contribution in [-0.2, 0) is 33.7 Å². The van der Waals surface area contributed by atoms with Crippen LogP contribution in [0, 0.1) is 0 Å². The number of rotatable bonds is 4. The number of benzene rings is 2. The fourth-order valence-corrected chi connectivity index (χ4v) is 3.91. The fraction of sp³-hybridized carbons (Fsp3) is 0.250. The molecule has 0 amide bonds. The normalized spacial score (nSPS) is 13.0. The third-order valence-corrected chi connectivity index (χ3v) is 5.20. The molecule has 2 aromatic carbocycles. The predicted molar refractivity (Wildman–Crippen MR) is 88.0 cm³/mol. The summed E-state index contributed by atoms with van der Waals surface area (Å²) in [6.45, 7) is 0. The van der Waals surface area contributed by atoms with Gasteiger partial charge in [0.1, 0.15) is 0 Å². The maximum absolute atomic E-state index is 12.6. The number of hydrogen-bond acceptors (Lipinski definition) is 4. The number of halogens is 6. The minimum Gasteiger partial charge on any atom is -0.398 e. The van der Waals surface area contributed by atoms with Gasteiger partial charge in [0, 0.05) is 11.4 Å². The lowest BCUT2D eigenvalue weighted by molar-refractivity contribution is -0.138. The van der Waals surface area contributed by atoms with Gasteiger partial charge in [-0.15, -0.1) is 0 Å². The third kappa shape index (κ3) is 5.28. The first kappa shape index (κ1) is 20.9. The Morgan fingerprint density at radius 3 is 1.30 bits per heavy atom. The van der Waals surface area contributed by atoms with Gasteiger partial charge < -0.3 is 11.5 Å². The summed E-state index contributed by atoms with van der Waals surface area (Å²) < 4.78 is 100. The molecule has 0 saturated heterocycles. The minimum atomic E-state index is -4.62. The van der Waals surface area contributed by atoms with Gasteiger partial charge in [-0.05, 0) is 35.4 Å². The van der Waals surface area contributed by atoms with Gasteiger partial charge in [0.25, 0.3) is 0 Å². The van der Waals surface area contributed by atoms with Gasteiger partial charge in [0.15, 0.2) is 9.84 Å². The molecule has 0 fully saturated rings. The van der Waals surface area contributed by atoms with Gasteiger partial charge in [-0.1, -0.05) is 12.1 Å². The van der Waals surface area contributed by atoms with Gasteiger partial charge in [0.2, 0.25) is 0 Å². The molecular formula is C16H14F6N2O2S. The van der Waals surface area contributed by atoms with Crippen molar-refractivity contribution in [2.75, 3.05) is 11.5 Å². The molecule has 0 heterocycles. The Hall–Kier alpha value is -2.43. The van der Waals surface area contributed by atoms with Crippen molar-refractivity contribution in [3.05, 3.63) is 58.7 Å². The molecule has 148 valence electrons. The van der Waals surface area contributed by atoms with Gasteiger partial charge in [0.05, 0.1) is 22.6 Å². The molecule has 11 heteroatoms. The van der Waals surface area contributed by atoms with Crippen molar-refractivity contribution >= 4 is 21.2 Å². The highest BCUT2D eigenvalue weighted by molar-refractivity contribution is 7.89. The fourth-order valence-electron chi connectivity index (χ4n) is 2.33. The first-order valence-corrected chi connectivity index (χ1v) is 9.13. The average Bonchev–Trinajstić information content (AvgIpc) is 2.49. The molecule has 0 aliphatic carbocycles. The zero-order valence-electron chi connectivity index (χ0n) is 13.5. The Labute approximate surface area is 150 Å². The van der Waals surface area contributed by atoms with Crippen LogP contribution in [0.4, 0.5) is 37.7 Å². The van der Waals surface area contributed by atoms with Crippen molar-refractivity contribution in [2.45, 2.75) is 23.9 Å². The monoisotopic (exact) mass is 412 g/mol. The maximum Gasteiger partial charge on any atom is 0.416 e. The Morgan fingerprint density at radius 1 is 0.704 bits per heavy atom. The van der Waals surface area contributed by atoms with Crippen LogP contribution >= 0.6 is 0 Å². The molecule has 0 aliphatic rings. The second kappa shape index (κ2) is 6.95. The molecule has 4 nitrogen and oxygen atoms in total. The smallest absolute Gasteiger partial charge is 0.398 e. The van der Waals surface area contributed by atoms with Crippen molar-refractivity contribution in [2.24, 2.45) is 0 Å². The van der Waals surface area contributed by atoms with E-state index < -0.39 is 44.8 Å². The number of sulfone groups is 1.